The second-order valence-electron chi connectivity index (χ2n) is 2.29. The Labute approximate surface area is 77.3 Å². The van der Waals surface area contributed by atoms with Crippen LogP contribution in [0.2, 0.25) is 0 Å². The van der Waals surface area contributed by atoms with Gasteiger partial charge >= 0.3 is 5.97 Å². The molecule has 5 nitrogen and oxygen atoms in total. The van der Waals surface area contributed by atoms with Crippen molar-refractivity contribution in [1.29, 1.82) is 0 Å². The molecule has 0 amide bonds. The van der Waals surface area contributed by atoms with Gasteiger partial charge in [-0.15, -0.1) is 0 Å². The van der Waals surface area contributed by atoms with Crippen molar-refractivity contribution in [3.63, 3.8) is 0 Å². The summed E-state index contributed by atoms with van der Waals surface area (Å²) in [5, 5.41) is 15.9. The lowest BCUT2D eigenvalue weighted by atomic mass is 10.2. The highest BCUT2D eigenvalue weighted by molar-refractivity contribution is 5.74. The summed E-state index contributed by atoms with van der Waals surface area (Å²) in [6.45, 7) is 1.75. The van der Waals surface area contributed by atoms with Gasteiger partial charge in [0.05, 0.1) is 7.11 Å². The summed E-state index contributed by atoms with van der Waals surface area (Å²) in [5.41, 5.74) is 0. The van der Waals surface area contributed by atoms with E-state index in [4.69, 9.17) is 15.0 Å². The van der Waals surface area contributed by atoms with E-state index in [1.54, 1.807) is 0 Å². The number of aliphatic hydroxyl groups is 1. The summed E-state index contributed by atoms with van der Waals surface area (Å²) in [7, 11) is 1.28. The van der Waals surface area contributed by atoms with E-state index in [1.165, 1.54) is 7.11 Å². The molecular weight excluding hydrogens is 176 g/mol. The summed E-state index contributed by atoms with van der Waals surface area (Å²) < 4.78 is 4.32. The Bertz CT molecular complexity index is 134. The number of rotatable bonds is 4. The molecule has 0 bridgehead atoms. The van der Waals surface area contributed by atoms with Gasteiger partial charge in [-0.25, -0.2) is 4.79 Å². The highest BCUT2D eigenvalue weighted by Crippen LogP contribution is 2.00. The molecular formula is C8H16O5. The van der Waals surface area contributed by atoms with Crippen LogP contribution in [0.3, 0.4) is 0 Å². The fourth-order valence-corrected chi connectivity index (χ4v) is 0.651. The van der Waals surface area contributed by atoms with Crippen LogP contribution in [0.25, 0.3) is 0 Å². The average molecular weight is 192 g/mol. The molecule has 0 spiro atoms. The molecule has 78 valence electrons. The standard InChI is InChI=1S/C7H14O3.CH2O2/c1-3-4-5-6(8)7(9)10-2;2-1-3/h6,8H,3-5H2,1-2H3;1H,(H,2,3). The van der Waals surface area contributed by atoms with Crippen molar-refractivity contribution in [2.75, 3.05) is 7.11 Å². The second kappa shape index (κ2) is 10.9. The molecule has 0 saturated heterocycles. The van der Waals surface area contributed by atoms with Gasteiger partial charge in [0.15, 0.2) is 6.10 Å². The molecule has 0 aliphatic heterocycles. The maximum atomic E-state index is 10.5. The van der Waals surface area contributed by atoms with Crippen LogP contribution in [0.5, 0.6) is 0 Å². The lowest BCUT2D eigenvalue weighted by Crippen LogP contribution is -2.21. The van der Waals surface area contributed by atoms with Crippen molar-refractivity contribution in [1.82, 2.24) is 0 Å². The minimum atomic E-state index is -0.926. The Kier molecular flexibility index (Phi) is 12.1. The molecule has 1 atom stereocenters. The van der Waals surface area contributed by atoms with Crippen molar-refractivity contribution >= 4 is 12.4 Å². The lowest BCUT2D eigenvalue weighted by Gasteiger charge is -2.05. The molecule has 1 unspecified atom stereocenters. The van der Waals surface area contributed by atoms with Crippen molar-refractivity contribution in [3.8, 4) is 0 Å². The molecule has 0 fully saturated rings. The van der Waals surface area contributed by atoms with Crippen LogP contribution in [0.4, 0.5) is 0 Å². The van der Waals surface area contributed by atoms with Crippen molar-refractivity contribution < 1.29 is 24.5 Å². The van der Waals surface area contributed by atoms with Gasteiger partial charge in [0.2, 0.25) is 0 Å². The average Bonchev–Trinajstić information content (AvgIpc) is 2.14. The fraction of sp³-hybridized carbons (Fsp3) is 0.750. The zero-order valence-corrected chi connectivity index (χ0v) is 7.90. The van der Waals surface area contributed by atoms with E-state index < -0.39 is 12.1 Å². The van der Waals surface area contributed by atoms with Crippen molar-refractivity contribution in [2.24, 2.45) is 0 Å². The predicted molar refractivity (Wildman–Crippen MR) is 46.2 cm³/mol. The minimum Gasteiger partial charge on any atom is -0.483 e. The normalized spacial score (nSPS) is 10.7. The summed E-state index contributed by atoms with van der Waals surface area (Å²) in [6, 6.07) is 0. The van der Waals surface area contributed by atoms with Crippen LogP contribution in [-0.2, 0) is 14.3 Å². The fourth-order valence-electron chi connectivity index (χ4n) is 0.651. The van der Waals surface area contributed by atoms with Gasteiger partial charge in [-0.1, -0.05) is 19.8 Å². The third-order valence-corrected chi connectivity index (χ3v) is 1.30. The number of carboxylic acid groups (broad SMARTS) is 1. The molecule has 0 aliphatic rings. The smallest absolute Gasteiger partial charge is 0.334 e. The van der Waals surface area contributed by atoms with E-state index in [2.05, 4.69) is 4.74 Å². The summed E-state index contributed by atoms with van der Waals surface area (Å²) in [4.78, 5) is 18.9. The molecule has 0 aromatic carbocycles. The Balaban J connectivity index is 0. The SMILES string of the molecule is CCCCC(O)C(=O)OC.O=CO. The van der Waals surface area contributed by atoms with E-state index in [0.717, 1.165) is 12.8 Å². The van der Waals surface area contributed by atoms with Gasteiger partial charge in [0.25, 0.3) is 6.47 Å². The quantitative estimate of drug-likeness (QED) is 0.498. The van der Waals surface area contributed by atoms with Gasteiger partial charge in [-0.2, -0.15) is 0 Å². The first-order chi connectivity index (χ1) is 6.13. The summed E-state index contributed by atoms with van der Waals surface area (Å²) in [6.07, 6.45) is 1.41. The van der Waals surface area contributed by atoms with Crippen LogP contribution in [0.15, 0.2) is 0 Å². The highest BCUT2D eigenvalue weighted by Gasteiger charge is 2.13. The number of hydrogen-bond acceptors (Lipinski definition) is 4. The summed E-state index contributed by atoms with van der Waals surface area (Å²) in [5.74, 6) is -0.534. The van der Waals surface area contributed by atoms with Gasteiger partial charge < -0.3 is 14.9 Å². The second-order valence-corrected chi connectivity index (χ2v) is 2.29. The number of esters is 1. The molecule has 5 heteroatoms. The van der Waals surface area contributed by atoms with Crippen LogP contribution in [0, 0.1) is 0 Å². The maximum Gasteiger partial charge on any atom is 0.334 e. The first kappa shape index (κ1) is 14.4. The van der Waals surface area contributed by atoms with Gasteiger partial charge in [0.1, 0.15) is 0 Å². The minimum absolute atomic E-state index is 0.250. The van der Waals surface area contributed by atoms with Gasteiger partial charge in [0, 0.05) is 0 Å². The first-order valence-electron chi connectivity index (χ1n) is 3.97. The van der Waals surface area contributed by atoms with Gasteiger partial charge in [-0.3, -0.25) is 4.79 Å². The van der Waals surface area contributed by atoms with E-state index in [1.807, 2.05) is 6.92 Å². The molecule has 0 rings (SSSR count). The molecule has 0 aromatic heterocycles. The predicted octanol–water partition coefficient (Wildman–Crippen LogP) is 0.411. The molecule has 13 heavy (non-hydrogen) atoms. The molecule has 0 radical (unpaired) electrons. The molecule has 0 saturated carbocycles. The third kappa shape index (κ3) is 10.9. The van der Waals surface area contributed by atoms with E-state index in [-0.39, 0.29) is 6.47 Å². The third-order valence-electron chi connectivity index (χ3n) is 1.30. The molecule has 0 aromatic rings. The maximum absolute atomic E-state index is 10.5. The number of methoxy groups -OCH3 is 1. The summed E-state index contributed by atoms with van der Waals surface area (Å²) >= 11 is 0. The Morgan fingerprint density at radius 2 is 2.08 bits per heavy atom. The van der Waals surface area contributed by atoms with Crippen molar-refractivity contribution in [2.45, 2.75) is 32.3 Å². The Morgan fingerprint density at radius 3 is 2.38 bits per heavy atom. The Hall–Kier alpha value is -1.10. The molecule has 0 aliphatic carbocycles. The topological polar surface area (TPSA) is 83.8 Å². The zero-order chi connectivity index (χ0) is 10.7. The number of ether oxygens (including phenoxy) is 1. The van der Waals surface area contributed by atoms with Crippen LogP contribution in [-0.4, -0.2) is 35.9 Å². The number of carbonyl (C=O) groups is 2. The van der Waals surface area contributed by atoms with Crippen LogP contribution < -0.4 is 0 Å². The van der Waals surface area contributed by atoms with E-state index >= 15 is 0 Å². The number of aliphatic hydroxyl groups excluding tert-OH is 1. The largest absolute Gasteiger partial charge is 0.483 e. The molecule has 2 N–H and O–H groups in total. The van der Waals surface area contributed by atoms with Gasteiger partial charge in [-0.05, 0) is 6.42 Å². The highest BCUT2D eigenvalue weighted by atomic mass is 16.5. The Morgan fingerprint density at radius 1 is 1.62 bits per heavy atom. The number of hydrogen-bond donors (Lipinski definition) is 2. The van der Waals surface area contributed by atoms with E-state index in [0.29, 0.717) is 6.42 Å². The monoisotopic (exact) mass is 192 g/mol. The van der Waals surface area contributed by atoms with Crippen molar-refractivity contribution in [3.05, 3.63) is 0 Å². The lowest BCUT2D eigenvalue weighted by molar-refractivity contribution is -0.150. The zero-order valence-electron chi connectivity index (χ0n) is 7.90. The number of unbranched alkanes of at least 4 members (excludes halogenated alkanes) is 1. The molecule has 0 heterocycles. The van der Waals surface area contributed by atoms with Crippen LogP contribution >= 0.6 is 0 Å². The number of carbonyl (C=O) groups excluding carboxylic acids is 1. The first-order valence-corrected chi connectivity index (χ1v) is 3.97. The van der Waals surface area contributed by atoms with Crippen LogP contribution in [0.1, 0.15) is 26.2 Å². The van der Waals surface area contributed by atoms with E-state index in [9.17, 15) is 4.79 Å².